The largest absolute Gasteiger partial charge is 0.378 e. The maximum atomic E-state index is 5.79. The predicted octanol–water partition coefficient (Wildman–Crippen LogP) is 0.868. The van der Waals surface area contributed by atoms with E-state index in [1.165, 1.54) is 0 Å². The average molecular weight is 174 g/mol. The normalized spacial score (nSPS) is 14.8. The fourth-order valence-corrected chi connectivity index (χ4v) is 0.841. The Morgan fingerprint density at radius 1 is 1.42 bits per heavy atom. The van der Waals surface area contributed by atoms with Crippen LogP contribution in [0.2, 0.25) is 0 Å². The number of hydrogen-bond donors (Lipinski definition) is 2. The second-order valence-electron chi connectivity index (χ2n) is 4.00. The van der Waals surface area contributed by atoms with Crippen LogP contribution in [0.5, 0.6) is 0 Å². The van der Waals surface area contributed by atoms with Crippen molar-refractivity contribution >= 4 is 0 Å². The van der Waals surface area contributed by atoms with Crippen molar-refractivity contribution in [3.63, 3.8) is 0 Å². The van der Waals surface area contributed by atoms with E-state index in [9.17, 15) is 0 Å². The number of rotatable bonds is 6. The third-order valence-electron chi connectivity index (χ3n) is 1.72. The van der Waals surface area contributed by atoms with Gasteiger partial charge in [-0.2, -0.15) is 0 Å². The maximum absolute atomic E-state index is 5.79. The Hall–Kier alpha value is -0.120. The van der Waals surface area contributed by atoms with Crippen molar-refractivity contribution in [3.05, 3.63) is 0 Å². The van der Waals surface area contributed by atoms with Crippen LogP contribution in [0, 0.1) is 0 Å². The van der Waals surface area contributed by atoms with Crippen molar-refractivity contribution < 1.29 is 4.74 Å². The highest BCUT2D eigenvalue weighted by molar-refractivity contribution is 4.70. The van der Waals surface area contributed by atoms with Crippen LogP contribution >= 0.6 is 0 Å². The first-order valence-corrected chi connectivity index (χ1v) is 4.56. The van der Waals surface area contributed by atoms with E-state index in [4.69, 9.17) is 16.2 Å². The molecule has 0 bridgehead atoms. The van der Waals surface area contributed by atoms with Gasteiger partial charge in [0.15, 0.2) is 0 Å². The predicted molar refractivity (Wildman–Crippen MR) is 52.0 cm³/mol. The van der Waals surface area contributed by atoms with Gasteiger partial charge >= 0.3 is 0 Å². The monoisotopic (exact) mass is 174 g/mol. The highest BCUT2D eigenvalue weighted by atomic mass is 16.5. The van der Waals surface area contributed by atoms with E-state index in [0.29, 0.717) is 6.54 Å². The number of ether oxygens (including phenoxy) is 1. The fourth-order valence-electron chi connectivity index (χ4n) is 0.841. The van der Waals surface area contributed by atoms with Gasteiger partial charge < -0.3 is 16.2 Å². The lowest BCUT2D eigenvalue weighted by molar-refractivity contribution is 0.0523. The highest BCUT2D eigenvalue weighted by Gasteiger charge is 2.10. The van der Waals surface area contributed by atoms with Crippen LogP contribution in [-0.4, -0.2) is 24.8 Å². The summed E-state index contributed by atoms with van der Waals surface area (Å²) in [5, 5.41) is 0. The average Bonchev–Trinajstić information content (AvgIpc) is 1.84. The van der Waals surface area contributed by atoms with Crippen LogP contribution in [0.1, 0.15) is 33.6 Å². The zero-order valence-corrected chi connectivity index (χ0v) is 8.47. The summed E-state index contributed by atoms with van der Waals surface area (Å²) in [5.74, 6) is 0. The summed E-state index contributed by atoms with van der Waals surface area (Å²) in [5.41, 5.74) is 11.1. The first kappa shape index (κ1) is 11.9. The van der Waals surface area contributed by atoms with E-state index in [1.54, 1.807) is 0 Å². The topological polar surface area (TPSA) is 61.3 Å². The molecule has 12 heavy (non-hydrogen) atoms. The Balaban J connectivity index is 3.31. The van der Waals surface area contributed by atoms with Crippen molar-refractivity contribution in [1.29, 1.82) is 0 Å². The zero-order chi connectivity index (χ0) is 9.61. The van der Waals surface area contributed by atoms with Crippen LogP contribution < -0.4 is 11.5 Å². The second kappa shape index (κ2) is 5.51. The van der Waals surface area contributed by atoms with Gasteiger partial charge in [0, 0.05) is 12.1 Å². The zero-order valence-electron chi connectivity index (χ0n) is 8.47. The van der Waals surface area contributed by atoms with Gasteiger partial charge in [-0.05, 0) is 40.2 Å². The van der Waals surface area contributed by atoms with Crippen LogP contribution in [0.25, 0.3) is 0 Å². The van der Waals surface area contributed by atoms with Crippen LogP contribution in [-0.2, 0) is 4.74 Å². The summed E-state index contributed by atoms with van der Waals surface area (Å²) in [6, 6.07) is 0. The van der Waals surface area contributed by atoms with Gasteiger partial charge in [-0.1, -0.05) is 0 Å². The molecule has 3 heteroatoms. The van der Waals surface area contributed by atoms with Gasteiger partial charge in [-0.3, -0.25) is 0 Å². The number of nitrogens with two attached hydrogens (primary N) is 2. The quantitative estimate of drug-likeness (QED) is 0.628. The van der Waals surface area contributed by atoms with Crippen molar-refractivity contribution in [2.45, 2.75) is 45.3 Å². The van der Waals surface area contributed by atoms with Gasteiger partial charge in [0.25, 0.3) is 0 Å². The molecule has 0 aromatic heterocycles. The first-order chi connectivity index (χ1) is 5.45. The van der Waals surface area contributed by atoms with E-state index < -0.39 is 0 Å². The smallest absolute Gasteiger partial charge is 0.0559 e. The molecule has 0 saturated heterocycles. The van der Waals surface area contributed by atoms with Crippen molar-refractivity contribution in [3.8, 4) is 0 Å². The van der Waals surface area contributed by atoms with E-state index in [-0.39, 0.29) is 11.6 Å². The SMILES string of the molecule is CC(CCN)OCCC(C)(C)N. The molecule has 0 radical (unpaired) electrons. The molecule has 0 saturated carbocycles. The van der Waals surface area contributed by atoms with Crippen LogP contribution in [0.3, 0.4) is 0 Å². The minimum atomic E-state index is -0.123. The van der Waals surface area contributed by atoms with E-state index >= 15 is 0 Å². The lowest BCUT2D eigenvalue weighted by atomic mass is 10.0. The molecule has 1 atom stereocenters. The molecule has 0 aliphatic rings. The molecular weight excluding hydrogens is 152 g/mol. The summed E-state index contributed by atoms with van der Waals surface area (Å²) in [6.07, 6.45) is 2.07. The minimum Gasteiger partial charge on any atom is -0.378 e. The lowest BCUT2D eigenvalue weighted by Crippen LogP contribution is -2.33. The molecule has 0 aromatic carbocycles. The summed E-state index contributed by atoms with van der Waals surface area (Å²) in [4.78, 5) is 0. The molecule has 0 aromatic rings. The molecule has 1 unspecified atom stereocenters. The van der Waals surface area contributed by atoms with Gasteiger partial charge in [0.1, 0.15) is 0 Å². The van der Waals surface area contributed by atoms with E-state index in [1.807, 2.05) is 20.8 Å². The van der Waals surface area contributed by atoms with Gasteiger partial charge in [-0.25, -0.2) is 0 Å². The molecule has 0 rings (SSSR count). The Bertz CT molecular complexity index is 110. The van der Waals surface area contributed by atoms with Crippen LogP contribution in [0.4, 0.5) is 0 Å². The molecule has 0 fully saturated rings. The molecule has 3 nitrogen and oxygen atoms in total. The summed E-state index contributed by atoms with van der Waals surface area (Å²) >= 11 is 0. The second-order valence-corrected chi connectivity index (χ2v) is 4.00. The molecule has 4 N–H and O–H groups in total. The van der Waals surface area contributed by atoms with Crippen molar-refractivity contribution in [1.82, 2.24) is 0 Å². The fraction of sp³-hybridized carbons (Fsp3) is 1.00. The van der Waals surface area contributed by atoms with Crippen molar-refractivity contribution in [2.75, 3.05) is 13.2 Å². The third-order valence-corrected chi connectivity index (χ3v) is 1.72. The third kappa shape index (κ3) is 7.98. The molecule has 74 valence electrons. The summed E-state index contributed by atoms with van der Waals surface area (Å²) in [6.45, 7) is 7.46. The first-order valence-electron chi connectivity index (χ1n) is 4.56. The Morgan fingerprint density at radius 3 is 2.42 bits per heavy atom. The minimum absolute atomic E-state index is 0.123. The standard InChI is InChI=1S/C9H22N2O/c1-8(4-6-10)12-7-5-9(2,3)11/h8H,4-7,10-11H2,1-3H3. The van der Waals surface area contributed by atoms with Gasteiger partial charge in [-0.15, -0.1) is 0 Å². The van der Waals surface area contributed by atoms with E-state index in [0.717, 1.165) is 19.4 Å². The highest BCUT2D eigenvalue weighted by Crippen LogP contribution is 2.05. The molecule has 0 aliphatic carbocycles. The molecule has 0 spiro atoms. The maximum Gasteiger partial charge on any atom is 0.0559 e. The molecular formula is C9H22N2O. The van der Waals surface area contributed by atoms with Gasteiger partial charge in [0.05, 0.1) is 6.10 Å². The van der Waals surface area contributed by atoms with Gasteiger partial charge in [0.2, 0.25) is 0 Å². The Labute approximate surface area is 75.5 Å². The Morgan fingerprint density at radius 2 is 2.00 bits per heavy atom. The molecule has 0 heterocycles. The van der Waals surface area contributed by atoms with E-state index in [2.05, 4.69) is 0 Å². The van der Waals surface area contributed by atoms with Crippen molar-refractivity contribution in [2.24, 2.45) is 11.5 Å². The lowest BCUT2D eigenvalue weighted by Gasteiger charge is -2.19. The number of hydrogen-bond acceptors (Lipinski definition) is 3. The molecule has 0 amide bonds. The van der Waals surface area contributed by atoms with Crippen LogP contribution in [0.15, 0.2) is 0 Å². The summed E-state index contributed by atoms with van der Waals surface area (Å²) < 4.78 is 5.50. The summed E-state index contributed by atoms with van der Waals surface area (Å²) in [7, 11) is 0. The Kier molecular flexibility index (Phi) is 5.46. The molecule has 0 aliphatic heterocycles.